The molecule has 0 amide bonds. The summed E-state index contributed by atoms with van der Waals surface area (Å²) in [5, 5.41) is 3.77. The van der Waals surface area contributed by atoms with E-state index in [1.165, 1.54) is 5.56 Å². The molecule has 2 aromatic heterocycles. The minimum Gasteiger partial charge on any atom is -0.365 e. The van der Waals surface area contributed by atoms with Crippen molar-refractivity contribution in [2.45, 2.75) is 73.3 Å². The zero-order chi connectivity index (χ0) is 16.7. The van der Waals surface area contributed by atoms with Gasteiger partial charge in [-0.05, 0) is 56.2 Å². The molecular formula is C19H31N3. The summed E-state index contributed by atoms with van der Waals surface area (Å²) in [5.41, 5.74) is 3.72. The van der Waals surface area contributed by atoms with Crippen molar-refractivity contribution in [2.75, 3.05) is 5.32 Å². The molecule has 122 valence electrons. The van der Waals surface area contributed by atoms with Crippen LogP contribution in [0.5, 0.6) is 0 Å². The SMILES string of the molecule is Cc1ccn2c(NC(C)(C)CC(C)(C)C)c(C(C)C)nc2c1. The molecule has 1 N–H and O–H groups in total. The lowest BCUT2D eigenvalue weighted by atomic mass is 9.82. The van der Waals surface area contributed by atoms with Crippen LogP contribution in [0, 0.1) is 12.3 Å². The molecule has 0 saturated carbocycles. The molecule has 0 spiro atoms. The maximum absolute atomic E-state index is 4.85. The Morgan fingerprint density at radius 3 is 2.36 bits per heavy atom. The molecule has 0 saturated heterocycles. The number of pyridine rings is 1. The lowest BCUT2D eigenvalue weighted by molar-refractivity contribution is 0.301. The van der Waals surface area contributed by atoms with Gasteiger partial charge in [0.2, 0.25) is 0 Å². The standard InChI is InChI=1S/C19H31N3/c1-13(2)16-17(21-19(7,8)12-18(4,5)6)22-10-9-14(3)11-15(22)20-16/h9-11,13,21H,12H2,1-8H3. The number of fused-ring (bicyclic) bond motifs is 1. The molecule has 0 atom stereocenters. The topological polar surface area (TPSA) is 29.3 Å². The quantitative estimate of drug-likeness (QED) is 0.820. The molecule has 2 aromatic rings. The average Bonchev–Trinajstić information content (AvgIpc) is 2.63. The van der Waals surface area contributed by atoms with Crippen LogP contribution in [0.3, 0.4) is 0 Å². The molecule has 3 nitrogen and oxygen atoms in total. The van der Waals surface area contributed by atoms with Crippen LogP contribution in [-0.4, -0.2) is 14.9 Å². The van der Waals surface area contributed by atoms with Gasteiger partial charge in [-0.1, -0.05) is 34.6 Å². The van der Waals surface area contributed by atoms with Crippen molar-refractivity contribution in [3.8, 4) is 0 Å². The second-order valence-corrected chi connectivity index (χ2v) is 8.68. The Balaban J connectivity index is 2.47. The third-order valence-corrected chi connectivity index (χ3v) is 3.78. The Morgan fingerprint density at radius 2 is 1.82 bits per heavy atom. The van der Waals surface area contributed by atoms with Gasteiger partial charge in [0.1, 0.15) is 11.5 Å². The van der Waals surface area contributed by atoms with Gasteiger partial charge >= 0.3 is 0 Å². The summed E-state index contributed by atoms with van der Waals surface area (Å²) < 4.78 is 2.19. The van der Waals surface area contributed by atoms with Gasteiger partial charge < -0.3 is 5.32 Å². The Kier molecular flexibility index (Phi) is 4.29. The highest BCUT2D eigenvalue weighted by molar-refractivity contribution is 5.58. The van der Waals surface area contributed by atoms with Gasteiger partial charge in [-0.15, -0.1) is 0 Å². The van der Waals surface area contributed by atoms with Crippen molar-refractivity contribution >= 4 is 11.5 Å². The summed E-state index contributed by atoms with van der Waals surface area (Å²) in [7, 11) is 0. The first kappa shape index (κ1) is 16.9. The third-order valence-electron chi connectivity index (χ3n) is 3.78. The minimum absolute atomic E-state index is 0.0166. The molecule has 3 heteroatoms. The fourth-order valence-electron chi connectivity index (χ4n) is 3.38. The molecule has 0 aliphatic carbocycles. The smallest absolute Gasteiger partial charge is 0.138 e. The van der Waals surface area contributed by atoms with E-state index in [2.05, 4.69) is 83.4 Å². The molecule has 2 rings (SSSR count). The molecule has 0 unspecified atom stereocenters. The maximum atomic E-state index is 4.85. The van der Waals surface area contributed by atoms with E-state index in [9.17, 15) is 0 Å². The van der Waals surface area contributed by atoms with Crippen LogP contribution in [0.25, 0.3) is 5.65 Å². The highest BCUT2D eigenvalue weighted by Gasteiger charge is 2.28. The summed E-state index contributed by atoms with van der Waals surface area (Å²) in [5.74, 6) is 1.53. The molecule has 0 aliphatic rings. The molecule has 22 heavy (non-hydrogen) atoms. The number of imidazole rings is 1. The highest BCUT2D eigenvalue weighted by Crippen LogP contribution is 2.33. The van der Waals surface area contributed by atoms with Crippen molar-refractivity contribution in [3.63, 3.8) is 0 Å². The van der Waals surface area contributed by atoms with Gasteiger partial charge in [0.15, 0.2) is 0 Å². The van der Waals surface area contributed by atoms with Gasteiger partial charge in [0.05, 0.1) is 5.69 Å². The number of aromatic nitrogens is 2. The highest BCUT2D eigenvalue weighted by atomic mass is 15.2. The number of hydrogen-bond acceptors (Lipinski definition) is 2. The van der Waals surface area contributed by atoms with E-state index in [0.29, 0.717) is 5.92 Å². The minimum atomic E-state index is 0.0166. The molecule has 0 fully saturated rings. The fraction of sp³-hybridized carbons (Fsp3) is 0.632. The summed E-state index contributed by atoms with van der Waals surface area (Å²) >= 11 is 0. The fourth-order valence-corrected chi connectivity index (χ4v) is 3.38. The molecule has 0 radical (unpaired) electrons. The molecular weight excluding hydrogens is 270 g/mol. The number of aryl methyl sites for hydroxylation is 1. The second kappa shape index (κ2) is 5.60. The summed E-state index contributed by atoms with van der Waals surface area (Å²) in [6.45, 7) is 17.9. The van der Waals surface area contributed by atoms with Gasteiger partial charge in [-0.2, -0.15) is 0 Å². The zero-order valence-electron chi connectivity index (χ0n) is 15.4. The molecule has 0 aromatic carbocycles. The van der Waals surface area contributed by atoms with Crippen molar-refractivity contribution in [3.05, 3.63) is 29.6 Å². The maximum Gasteiger partial charge on any atom is 0.138 e. The van der Waals surface area contributed by atoms with Gasteiger partial charge in [-0.25, -0.2) is 4.98 Å². The van der Waals surface area contributed by atoms with Crippen molar-refractivity contribution in [1.82, 2.24) is 9.38 Å². The molecule has 0 bridgehead atoms. The van der Waals surface area contributed by atoms with Crippen LogP contribution < -0.4 is 5.32 Å². The van der Waals surface area contributed by atoms with Gasteiger partial charge in [0.25, 0.3) is 0 Å². The average molecular weight is 301 g/mol. The van der Waals surface area contributed by atoms with Crippen molar-refractivity contribution in [1.29, 1.82) is 0 Å². The first-order chi connectivity index (χ1) is 9.98. The van der Waals surface area contributed by atoms with Crippen LogP contribution >= 0.6 is 0 Å². The van der Waals surface area contributed by atoms with Crippen LogP contribution in [0.1, 0.15) is 72.1 Å². The van der Waals surface area contributed by atoms with Crippen LogP contribution in [0.2, 0.25) is 0 Å². The van der Waals surface area contributed by atoms with Gasteiger partial charge in [0, 0.05) is 11.7 Å². The van der Waals surface area contributed by atoms with Crippen molar-refractivity contribution < 1.29 is 0 Å². The van der Waals surface area contributed by atoms with Crippen LogP contribution in [0.15, 0.2) is 18.3 Å². The van der Waals surface area contributed by atoms with Crippen molar-refractivity contribution in [2.24, 2.45) is 5.41 Å². The van der Waals surface area contributed by atoms with Crippen LogP contribution in [-0.2, 0) is 0 Å². The van der Waals surface area contributed by atoms with E-state index >= 15 is 0 Å². The second-order valence-electron chi connectivity index (χ2n) is 8.68. The zero-order valence-corrected chi connectivity index (χ0v) is 15.4. The third kappa shape index (κ3) is 3.82. The lowest BCUT2D eigenvalue weighted by Gasteiger charge is -2.34. The largest absolute Gasteiger partial charge is 0.365 e. The van der Waals surface area contributed by atoms with Crippen LogP contribution in [0.4, 0.5) is 5.82 Å². The Morgan fingerprint density at radius 1 is 1.18 bits per heavy atom. The van der Waals surface area contributed by atoms with E-state index in [0.717, 1.165) is 23.6 Å². The summed E-state index contributed by atoms with van der Waals surface area (Å²) in [6, 6.07) is 4.29. The normalized spacial score (nSPS) is 13.1. The number of hydrogen-bond donors (Lipinski definition) is 1. The Bertz CT molecular complexity index is 657. The summed E-state index contributed by atoms with van der Waals surface area (Å²) in [6.07, 6.45) is 3.22. The van der Waals surface area contributed by atoms with E-state index in [4.69, 9.17) is 4.98 Å². The lowest BCUT2D eigenvalue weighted by Crippen LogP contribution is -2.36. The molecule has 2 heterocycles. The number of nitrogens with one attached hydrogen (secondary N) is 1. The molecule has 0 aliphatic heterocycles. The summed E-state index contributed by atoms with van der Waals surface area (Å²) in [4.78, 5) is 4.85. The van der Waals surface area contributed by atoms with E-state index in [1.54, 1.807) is 0 Å². The predicted octanol–water partition coefficient (Wildman–Crippen LogP) is 5.39. The van der Waals surface area contributed by atoms with E-state index < -0.39 is 0 Å². The Hall–Kier alpha value is -1.51. The number of anilines is 1. The van der Waals surface area contributed by atoms with E-state index in [-0.39, 0.29) is 11.0 Å². The van der Waals surface area contributed by atoms with Gasteiger partial charge in [-0.3, -0.25) is 4.40 Å². The van der Waals surface area contributed by atoms with E-state index in [1.807, 2.05) is 0 Å². The first-order valence-electron chi connectivity index (χ1n) is 8.25. The number of nitrogens with zero attached hydrogens (tertiary/aromatic N) is 2. The monoisotopic (exact) mass is 301 g/mol. The first-order valence-corrected chi connectivity index (χ1v) is 8.25. The number of rotatable bonds is 4. The predicted molar refractivity (Wildman–Crippen MR) is 95.8 cm³/mol. The Labute approximate surface area is 135 Å².